The normalized spacial score (nSPS) is 20.4. The van der Waals surface area contributed by atoms with E-state index in [0.717, 1.165) is 11.1 Å². The Kier molecular flexibility index (Phi) is 4.12. The molecule has 1 saturated heterocycles. The minimum Gasteiger partial charge on any atom is -0.460 e. The first-order valence-corrected chi connectivity index (χ1v) is 6.93. The number of hydrogen-bond donors (Lipinski definition) is 0. The molecule has 3 rings (SSSR count). The smallest absolute Gasteiger partial charge is 0.330 e. The van der Waals surface area contributed by atoms with Crippen LogP contribution in [0.2, 0.25) is 0 Å². The fraction of sp³-hybridized carbons (Fsp3) is 0.167. The Bertz CT molecular complexity index is 619. The number of benzene rings is 2. The molecule has 106 valence electrons. The highest BCUT2D eigenvalue weighted by Gasteiger charge is 2.40. The molecule has 3 heteroatoms. The van der Waals surface area contributed by atoms with Crippen molar-refractivity contribution in [2.45, 2.75) is 12.2 Å². The maximum atomic E-state index is 11.6. The van der Waals surface area contributed by atoms with Crippen LogP contribution in [0.1, 0.15) is 17.2 Å². The summed E-state index contributed by atoms with van der Waals surface area (Å²) >= 11 is 0. The third-order valence-corrected chi connectivity index (χ3v) is 3.31. The van der Waals surface area contributed by atoms with Crippen LogP contribution in [0.5, 0.6) is 0 Å². The summed E-state index contributed by atoms with van der Waals surface area (Å²) in [5.41, 5.74) is 2.10. The number of carbonyl (C=O) groups excluding carboxylic acids is 1. The van der Waals surface area contributed by atoms with E-state index < -0.39 is 0 Å². The second-order valence-corrected chi connectivity index (χ2v) is 4.88. The number of ether oxygens (including phenoxy) is 2. The van der Waals surface area contributed by atoms with E-state index in [1.807, 2.05) is 60.7 Å². The lowest BCUT2D eigenvalue weighted by atomic mass is 10.1. The van der Waals surface area contributed by atoms with Crippen molar-refractivity contribution in [3.63, 3.8) is 0 Å². The zero-order chi connectivity index (χ0) is 14.5. The van der Waals surface area contributed by atoms with E-state index in [4.69, 9.17) is 9.47 Å². The topological polar surface area (TPSA) is 38.8 Å². The quantitative estimate of drug-likeness (QED) is 0.479. The molecule has 1 fully saturated rings. The summed E-state index contributed by atoms with van der Waals surface area (Å²) in [6.45, 7) is 0.289. The Morgan fingerprint density at radius 3 is 2.43 bits per heavy atom. The summed E-state index contributed by atoms with van der Waals surface area (Å²) in [6, 6.07) is 19.6. The molecule has 1 heterocycles. The van der Waals surface area contributed by atoms with E-state index in [1.54, 1.807) is 6.08 Å². The van der Waals surface area contributed by atoms with E-state index in [-0.39, 0.29) is 24.8 Å². The second kappa shape index (κ2) is 6.37. The molecule has 1 aliphatic heterocycles. The highest BCUT2D eigenvalue weighted by Crippen LogP contribution is 2.38. The molecular formula is C18H16O3. The number of carbonyl (C=O) groups is 1. The molecule has 2 aromatic rings. The highest BCUT2D eigenvalue weighted by atomic mass is 16.6. The van der Waals surface area contributed by atoms with Crippen LogP contribution in [-0.4, -0.2) is 18.7 Å². The van der Waals surface area contributed by atoms with Crippen molar-refractivity contribution in [3.8, 4) is 0 Å². The molecule has 0 N–H and O–H groups in total. The van der Waals surface area contributed by atoms with Crippen LogP contribution in [0, 0.1) is 0 Å². The lowest BCUT2D eigenvalue weighted by Crippen LogP contribution is -2.07. The van der Waals surface area contributed by atoms with Crippen LogP contribution in [0.3, 0.4) is 0 Å². The van der Waals surface area contributed by atoms with Gasteiger partial charge in [0.15, 0.2) is 0 Å². The van der Waals surface area contributed by atoms with Crippen LogP contribution >= 0.6 is 0 Å². The minimum absolute atomic E-state index is 0.0264. The summed E-state index contributed by atoms with van der Waals surface area (Å²) in [5, 5.41) is 0. The zero-order valence-corrected chi connectivity index (χ0v) is 11.5. The minimum atomic E-state index is -0.346. The Balaban J connectivity index is 1.44. The van der Waals surface area contributed by atoms with Gasteiger partial charge in [-0.05, 0) is 17.2 Å². The third kappa shape index (κ3) is 3.80. The van der Waals surface area contributed by atoms with Crippen molar-refractivity contribution in [3.05, 3.63) is 77.9 Å². The van der Waals surface area contributed by atoms with Gasteiger partial charge in [0.25, 0.3) is 0 Å². The van der Waals surface area contributed by atoms with Crippen LogP contribution in [0.15, 0.2) is 66.7 Å². The second-order valence-electron chi connectivity index (χ2n) is 4.88. The molecule has 0 aromatic heterocycles. The molecule has 0 unspecified atom stereocenters. The first-order chi connectivity index (χ1) is 10.3. The van der Waals surface area contributed by atoms with Crippen molar-refractivity contribution in [1.82, 2.24) is 0 Å². The van der Waals surface area contributed by atoms with E-state index in [2.05, 4.69) is 0 Å². The molecule has 3 nitrogen and oxygen atoms in total. The van der Waals surface area contributed by atoms with Gasteiger partial charge in [-0.3, -0.25) is 0 Å². The van der Waals surface area contributed by atoms with Gasteiger partial charge >= 0.3 is 5.97 Å². The van der Waals surface area contributed by atoms with Gasteiger partial charge in [-0.1, -0.05) is 60.7 Å². The van der Waals surface area contributed by atoms with Gasteiger partial charge in [0.05, 0.1) is 0 Å². The largest absolute Gasteiger partial charge is 0.460 e. The predicted octanol–water partition coefficient (Wildman–Crippen LogP) is 3.38. The third-order valence-electron chi connectivity index (χ3n) is 3.31. The predicted molar refractivity (Wildman–Crippen MR) is 80.5 cm³/mol. The fourth-order valence-corrected chi connectivity index (χ4v) is 2.15. The first kappa shape index (κ1) is 13.6. The lowest BCUT2D eigenvalue weighted by Gasteiger charge is -1.99. The van der Waals surface area contributed by atoms with Gasteiger partial charge in [-0.25, -0.2) is 4.79 Å². The Hall–Kier alpha value is -2.39. The lowest BCUT2D eigenvalue weighted by molar-refractivity contribution is -0.138. The van der Waals surface area contributed by atoms with E-state index in [0.29, 0.717) is 0 Å². The molecule has 21 heavy (non-hydrogen) atoms. The molecule has 2 aromatic carbocycles. The number of esters is 1. The monoisotopic (exact) mass is 280 g/mol. The molecule has 2 atom stereocenters. The van der Waals surface area contributed by atoms with E-state index >= 15 is 0 Å². The Morgan fingerprint density at radius 2 is 1.71 bits per heavy atom. The molecule has 0 amide bonds. The van der Waals surface area contributed by atoms with Crippen LogP contribution in [0.25, 0.3) is 6.08 Å². The summed E-state index contributed by atoms with van der Waals surface area (Å²) in [7, 11) is 0. The van der Waals surface area contributed by atoms with Crippen molar-refractivity contribution < 1.29 is 14.3 Å². The number of epoxide rings is 1. The van der Waals surface area contributed by atoms with Crippen LogP contribution in [0.4, 0.5) is 0 Å². The zero-order valence-electron chi connectivity index (χ0n) is 11.5. The van der Waals surface area contributed by atoms with Gasteiger partial charge in [0.1, 0.15) is 18.8 Å². The van der Waals surface area contributed by atoms with E-state index in [1.165, 1.54) is 6.08 Å². The van der Waals surface area contributed by atoms with Gasteiger partial charge < -0.3 is 9.47 Å². The Morgan fingerprint density at radius 1 is 1.05 bits per heavy atom. The van der Waals surface area contributed by atoms with Crippen molar-refractivity contribution in [1.29, 1.82) is 0 Å². The molecule has 1 aliphatic rings. The Labute approximate surface area is 123 Å². The van der Waals surface area contributed by atoms with Crippen LogP contribution in [-0.2, 0) is 14.3 Å². The van der Waals surface area contributed by atoms with E-state index in [9.17, 15) is 4.79 Å². The standard InChI is InChI=1S/C18H16O3/c19-17(12-11-14-7-3-1-4-8-14)20-13-16-18(21-16)15-9-5-2-6-10-15/h1-12,16,18H,13H2/t16-,18+/m0/s1. The molecule has 0 aliphatic carbocycles. The van der Waals surface area contributed by atoms with Gasteiger partial charge in [-0.2, -0.15) is 0 Å². The maximum absolute atomic E-state index is 11.6. The SMILES string of the molecule is O=C(C=Cc1ccccc1)OC[C@@H]1O[C@@H]1c1ccccc1. The fourth-order valence-electron chi connectivity index (χ4n) is 2.15. The summed E-state index contributed by atoms with van der Waals surface area (Å²) in [4.78, 5) is 11.6. The number of rotatable bonds is 5. The highest BCUT2D eigenvalue weighted by molar-refractivity contribution is 5.87. The summed E-state index contributed by atoms with van der Waals surface area (Å²) in [6.07, 6.45) is 3.21. The molecule has 0 radical (unpaired) electrons. The van der Waals surface area contributed by atoms with Crippen molar-refractivity contribution in [2.75, 3.05) is 6.61 Å². The van der Waals surface area contributed by atoms with Gasteiger partial charge in [0, 0.05) is 6.08 Å². The number of hydrogen-bond acceptors (Lipinski definition) is 3. The average molecular weight is 280 g/mol. The van der Waals surface area contributed by atoms with Gasteiger partial charge in [-0.15, -0.1) is 0 Å². The maximum Gasteiger partial charge on any atom is 0.330 e. The van der Waals surface area contributed by atoms with Crippen molar-refractivity contribution in [2.24, 2.45) is 0 Å². The molecule has 0 bridgehead atoms. The van der Waals surface area contributed by atoms with Crippen molar-refractivity contribution >= 4 is 12.0 Å². The summed E-state index contributed by atoms with van der Waals surface area (Å²) in [5.74, 6) is -0.346. The molecule has 0 spiro atoms. The summed E-state index contributed by atoms with van der Waals surface area (Å²) < 4.78 is 10.7. The molecule has 0 saturated carbocycles. The molecular weight excluding hydrogens is 264 g/mol. The average Bonchev–Trinajstić information content (AvgIpc) is 3.32. The first-order valence-electron chi connectivity index (χ1n) is 6.93. The van der Waals surface area contributed by atoms with Gasteiger partial charge in [0.2, 0.25) is 0 Å². The van der Waals surface area contributed by atoms with Crippen LogP contribution < -0.4 is 0 Å².